The van der Waals surface area contributed by atoms with Crippen LogP contribution in [0.25, 0.3) is 86.3 Å². The van der Waals surface area contributed by atoms with Gasteiger partial charge in [0.15, 0.2) is 0 Å². The summed E-state index contributed by atoms with van der Waals surface area (Å²) in [5.41, 5.74) is 9.76. The largest absolute Gasteiger partial charge is 0.309 e. The second kappa shape index (κ2) is 9.43. The Hall–Kier alpha value is -5.64. The third kappa shape index (κ3) is 3.50. The van der Waals surface area contributed by atoms with Crippen LogP contribution in [0, 0.1) is 0 Å². The Morgan fingerprint density at radius 2 is 1.02 bits per heavy atom. The van der Waals surface area contributed by atoms with Crippen LogP contribution in [0.15, 0.2) is 158 Å². The molecular formula is C42H26N2S. The van der Waals surface area contributed by atoms with Crippen molar-refractivity contribution in [3.63, 3.8) is 0 Å². The van der Waals surface area contributed by atoms with E-state index in [0.29, 0.717) is 0 Å². The number of fused-ring (bicyclic) bond motifs is 10. The summed E-state index contributed by atoms with van der Waals surface area (Å²) in [7, 11) is 0. The molecule has 3 heterocycles. The van der Waals surface area contributed by atoms with Gasteiger partial charge in [0.05, 0.1) is 22.1 Å². The van der Waals surface area contributed by atoms with Gasteiger partial charge in [0.2, 0.25) is 0 Å². The van der Waals surface area contributed by atoms with E-state index in [-0.39, 0.29) is 0 Å². The molecule has 0 unspecified atom stereocenters. The Kier molecular flexibility index (Phi) is 5.19. The minimum Gasteiger partial charge on any atom is -0.309 e. The first kappa shape index (κ1) is 24.8. The molecule has 210 valence electrons. The van der Waals surface area contributed by atoms with Crippen LogP contribution in [0.1, 0.15) is 0 Å². The van der Waals surface area contributed by atoms with E-state index >= 15 is 0 Å². The molecule has 0 spiro atoms. The second-order valence-electron chi connectivity index (χ2n) is 11.7. The zero-order chi connectivity index (χ0) is 29.5. The summed E-state index contributed by atoms with van der Waals surface area (Å²) >= 11 is 1.88. The van der Waals surface area contributed by atoms with Crippen molar-refractivity contribution < 1.29 is 0 Å². The first-order chi connectivity index (χ1) is 22.3. The quantitative estimate of drug-likeness (QED) is 0.194. The molecule has 0 N–H and O–H groups in total. The first-order valence-electron chi connectivity index (χ1n) is 15.4. The van der Waals surface area contributed by atoms with Crippen LogP contribution in [-0.4, -0.2) is 9.13 Å². The Bertz CT molecular complexity index is 2740. The first-order valence-corrected chi connectivity index (χ1v) is 16.2. The Morgan fingerprint density at radius 1 is 0.378 bits per heavy atom. The number of benzene rings is 7. The molecule has 0 saturated carbocycles. The number of thiophene rings is 1. The summed E-state index contributed by atoms with van der Waals surface area (Å²) in [6, 6.07) is 57.5. The van der Waals surface area contributed by atoms with E-state index in [4.69, 9.17) is 0 Å². The molecule has 3 aromatic heterocycles. The van der Waals surface area contributed by atoms with Crippen LogP contribution in [-0.2, 0) is 0 Å². The zero-order valence-corrected chi connectivity index (χ0v) is 25.1. The van der Waals surface area contributed by atoms with Gasteiger partial charge in [0.1, 0.15) is 0 Å². The summed E-state index contributed by atoms with van der Waals surface area (Å²) in [5, 5.41) is 7.75. The van der Waals surface area contributed by atoms with E-state index in [1.165, 1.54) is 80.6 Å². The number of rotatable bonds is 3. The lowest BCUT2D eigenvalue weighted by molar-refractivity contribution is 1.17. The third-order valence-electron chi connectivity index (χ3n) is 9.33. The topological polar surface area (TPSA) is 9.86 Å². The minimum absolute atomic E-state index is 1.16. The van der Waals surface area contributed by atoms with Crippen LogP contribution in [0.5, 0.6) is 0 Å². The van der Waals surface area contributed by atoms with E-state index < -0.39 is 0 Å². The van der Waals surface area contributed by atoms with Gasteiger partial charge in [-0.15, -0.1) is 11.3 Å². The number of para-hydroxylation sites is 3. The van der Waals surface area contributed by atoms with E-state index in [2.05, 4.69) is 167 Å². The van der Waals surface area contributed by atoms with Crippen molar-refractivity contribution in [3.8, 4) is 22.5 Å². The number of nitrogens with zero attached hydrogens (tertiary/aromatic N) is 2. The van der Waals surface area contributed by atoms with Crippen molar-refractivity contribution in [1.29, 1.82) is 0 Å². The number of aromatic nitrogens is 2. The van der Waals surface area contributed by atoms with E-state index in [0.717, 1.165) is 5.69 Å². The van der Waals surface area contributed by atoms with Crippen molar-refractivity contribution >= 4 is 75.1 Å². The summed E-state index contributed by atoms with van der Waals surface area (Å²) < 4.78 is 7.56. The molecule has 0 aliphatic heterocycles. The zero-order valence-electron chi connectivity index (χ0n) is 24.3. The van der Waals surface area contributed by atoms with E-state index in [1.54, 1.807) is 0 Å². The molecule has 0 fully saturated rings. The van der Waals surface area contributed by atoms with Crippen LogP contribution in [0.4, 0.5) is 0 Å². The predicted octanol–water partition coefficient (Wildman–Crippen LogP) is 11.9. The van der Waals surface area contributed by atoms with Crippen LogP contribution in [0.3, 0.4) is 0 Å². The summed E-state index contributed by atoms with van der Waals surface area (Å²) in [4.78, 5) is 0. The van der Waals surface area contributed by atoms with E-state index in [9.17, 15) is 0 Å². The lowest BCUT2D eigenvalue weighted by Crippen LogP contribution is -1.95. The fraction of sp³-hybridized carbons (Fsp3) is 0. The van der Waals surface area contributed by atoms with Gasteiger partial charge < -0.3 is 9.13 Å². The molecule has 0 bridgehead atoms. The van der Waals surface area contributed by atoms with Gasteiger partial charge in [0, 0.05) is 53.1 Å². The Balaban J connectivity index is 1.23. The van der Waals surface area contributed by atoms with Crippen LogP contribution in [0.2, 0.25) is 0 Å². The van der Waals surface area contributed by atoms with Gasteiger partial charge >= 0.3 is 0 Å². The van der Waals surface area contributed by atoms with Gasteiger partial charge in [-0.05, 0) is 59.7 Å². The summed E-state index contributed by atoms with van der Waals surface area (Å²) in [6.45, 7) is 0. The van der Waals surface area contributed by atoms with Gasteiger partial charge in [-0.2, -0.15) is 0 Å². The highest BCUT2D eigenvalue weighted by Crippen LogP contribution is 2.43. The molecule has 3 heteroatoms. The molecule has 0 radical (unpaired) electrons. The monoisotopic (exact) mass is 590 g/mol. The molecule has 45 heavy (non-hydrogen) atoms. The summed E-state index contributed by atoms with van der Waals surface area (Å²) in [6.07, 6.45) is 0. The molecule has 0 saturated heterocycles. The highest BCUT2D eigenvalue weighted by Gasteiger charge is 2.20. The standard InChI is InChI=1S/C42H26N2S/c1-2-11-28(12-3-1)44-36-18-7-4-13-31(36)33-25-26-38-40(41(33)44)35-15-5-8-19-37(35)43(38)29-23-21-27(22-24-29)30-16-10-17-34-32-14-6-9-20-39(32)45-42(30)34/h1-26H. The fourth-order valence-corrected chi connectivity index (χ4v) is 8.63. The van der Waals surface area contributed by atoms with Gasteiger partial charge in [-0.1, -0.05) is 109 Å². The highest BCUT2D eigenvalue weighted by atomic mass is 32.1. The highest BCUT2D eigenvalue weighted by molar-refractivity contribution is 7.26. The second-order valence-corrected chi connectivity index (χ2v) is 12.8. The van der Waals surface area contributed by atoms with Crippen LogP contribution >= 0.6 is 11.3 Å². The molecule has 0 aliphatic carbocycles. The molecule has 7 aromatic carbocycles. The maximum atomic E-state index is 2.44. The fourth-order valence-electron chi connectivity index (χ4n) is 7.40. The maximum Gasteiger partial charge on any atom is 0.0641 e. The molecule has 10 rings (SSSR count). The average molecular weight is 591 g/mol. The lowest BCUT2D eigenvalue weighted by Gasteiger charge is -2.11. The lowest BCUT2D eigenvalue weighted by atomic mass is 10.0. The molecule has 0 amide bonds. The summed E-state index contributed by atoms with van der Waals surface area (Å²) in [5.74, 6) is 0. The van der Waals surface area contributed by atoms with Gasteiger partial charge in [-0.3, -0.25) is 0 Å². The minimum atomic E-state index is 1.16. The molecule has 0 atom stereocenters. The third-order valence-corrected chi connectivity index (χ3v) is 10.5. The molecular weight excluding hydrogens is 565 g/mol. The predicted molar refractivity (Wildman–Crippen MR) is 193 cm³/mol. The number of hydrogen-bond donors (Lipinski definition) is 0. The van der Waals surface area contributed by atoms with Crippen molar-refractivity contribution in [2.45, 2.75) is 0 Å². The van der Waals surface area contributed by atoms with Crippen molar-refractivity contribution in [1.82, 2.24) is 9.13 Å². The molecule has 2 nitrogen and oxygen atoms in total. The smallest absolute Gasteiger partial charge is 0.0641 e. The van der Waals surface area contributed by atoms with Crippen molar-refractivity contribution in [2.24, 2.45) is 0 Å². The van der Waals surface area contributed by atoms with Gasteiger partial charge in [-0.25, -0.2) is 0 Å². The SMILES string of the molecule is c1ccc(-n2c3ccccc3c3ccc4c(c5ccccc5n4-c4ccc(-c5cccc6c5sc5ccccc56)cc4)c32)cc1. The number of hydrogen-bond acceptors (Lipinski definition) is 1. The normalized spacial score (nSPS) is 12.0. The van der Waals surface area contributed by atoms with Crippen molar-refractivity contribution in [2.75, 3.05) is 0 Å². The maximum absolute atomic E-state index is 2.44. The van der Waals surface area contributed by atoms with Crippen molar-refractivity contribution in [3.05, 3.63) is 158 Å². The average Bonchev–Trinajstić information content (AvgIpc) is 3.76. The molecule has 10 aromatic rings. The molecule has 0 aliphatic rings. The van der Waals surface area contributed by atoms with Crippen LogP contribution < -0.4 is 0 Å². The van der Waals surface area contributed by atoms with E-state index in [1.807, 2.05) is 11.3 Å². The Morgan fingerprint density at radius 3 is 1.84 bits per heavy atom. The van der Waals surface area contributed by atoms with Gasteiger partial charge in [0.25, 0.3) is 0 Å². The Labute approximate surface area is 263 Å².